The number of rotatable bonds is 5. The van der Waals surface area contributed by atoms with E-state index in [9.17, 15) is 14.4 Å². The first kappa shape index (κ1) is 22.2. The normalized spacial score (nSPS) is 18.4. The van der Waals surface area contributed by atoms with Crippen LogP contribution >= 0.6 is 0 Å². The summed E-state index contributed by atoms with van der Waals surface area (Å²) in [5.41, 5.74) is 1.68. The number of methoxy groups -OCH3 is 1. The Morgan fingerprint density at radius 1 is 0.944 bits per heavy atom. The molecule has 2 aliphatic rings. The van der Waals surface area contributed by atoms with E-state index in [1.165, 1.54) is 12.0 Å². The first-order valence-electron chi connectivity index (χ1n) is 11.8. The smallest absolute Gasteiger partial charge is 0.291 e. The van der Waals surface area contributed by atoms with Crippen molar-refractivity contribution in [2.75, 3.05) is 25.2 Å². The number of anilines is 1. The van der Waals surface area contributed by atoms with E-state index in [0.717, 1.165) is 11.1 Å². The number of hydrogen-bond acceptors (Lipinski definition) is 5. The molecule has 2 aliphatic heterocycles. The second-order valence-electron chi connectivity index (χ2n) is 9.19. The van der Waals surface area contributed by atoms with Gasteiger partial charge in [-0.2, -0.15) is 0 Å². The number of aryl methyl sites for hydroxylation is 1. The Hall–Kier alpha value is -4.23. The summed E-state index contributed by atoms with van der Waals surface area (Å²) < 4.78 is 11.3. The summed E-state index contributed by atoms with van der Waals surface area (Å²) in [5, 5.41) is 0.333. The molecule has 180 valence electrons. The van der Waals surface area contributed by atoms with Crippen molar-refractivity contribution in [1.29, 1.82) is 0 Å². The second-order valence-corrected chi connectivity index (χ2v) is 9.19. The molecule has 2 amide bonds. The summed E-state index contributed by atoms with van der Waals surface area (Å²) in [5.74, 6) is -0.934. The van der Waals surface area contributed by atoms with E-state index in [0.29, 0.717) is 28.8 Å². The Morgan fingerprint density at radius 2 is 1.72 bits per heavy atom. The van der Waals surface area contributed by atoms with Crippen molar-refractivity contribution in [2.24, 2.45) is 0 Å². The minimum atomic E-state index is -1.63. The van der Waals surface area contributed by atoms with Gasteiger partial charge in [0.05, 0.1) is 29.8 Å². The lowest BCUT2D eigenvalue weighted by atomic mass is 9.84. The van der Waals surface area contributed by atoms with Gasteiger partial charge in [0.1, 0.15) is 5.58 Å². The van der Waals surface area contributed by atoms with Crippen molar-refractivity contribution < 1.29 is 18.7 Å². The number of para-hydroxylation sites is 2. The molecular formula is C29H24N2O5. The Bertz CT molecular complexity index is 1610. The largest absolute Gasteiger partial charge is 0.450 e. The number of benzene rings is 3. The van der Waals surface area contributed by atoms with E-state index in [-0.39, 0.29) is 35.8 Å². The summed E-state index contributed by atoms with van der Waals surface area (Å²) in [6.07, 6.45) is 0. The standard InChI is InChI=1S/C29H24N2O5/c1-18-8-7-9-19(16-18)17-30-22-12-5-4-11-21(22)29(28(30)34)24-25(32)20-10-3-6-13-23(20)36-26(24)27(33)31(29)14-15-35-2/h3-13,16H,14-15,17H2,1-2H3. The van der Waals surface area contributed by atoms with E-state index in [4.69, 9.17) is 9.15 Å². The minimum Gasteiger partial charge on any atom is -0.450 e. The van der Waals surface area contributed by atoms with Crippen LogP contribution in [0.1, 0.15) is 32.8 Å². The second kappa shape index (κ2) is 8.17. The fourth-order valence-electron chi connectivity index (χ4n) is 5.57. The van der Waals surface area contributed by atoms with Crippen LogP contribution in [0.5, 0.6) is 0 Å². The molecule has 1 spiro atoms. The third-order valence-corrected chi connectivity index (χ3v) is 7.09. The number of fused-ring (bicyclic) bond motifs is 5. The van der Waals surface area contributed by atoms with Gasteiger partial charge in [0.2, 0.25) is 5.76 Å². The molecule has 0 fully saturated rings. The molecule has 0 saturated carbocycles. The predicted octanol–water partition coefficient (Wildman–Crippen LogP) is 3.99. The van der Waals surface area contributed by atoms with Crippen molar-refractivity contribution in [3.05, 3.63) is 111 Å². The Kier molecular flexibility index (Phi) is 5.05. The van der Waals surface area contributed by atoms with E-state index < -0.39 is 11.4 Å². The Balaban J connectivity index is 1.64. The third kappa shape index (κ3) is 2.93. The monoisotopic (exact) mass is 480 g/mol. The van der Waals surface area contributed by atoms with Crippen LogP contribution in [0.3, 0.4) is 0 Å². The van der Waals surface area contributed by atoms with Crippen LogP contribution in [0.25, 0.3) is 11.0 Å². The average molecular weight is 481 g/mol. The van der Waals surface area contributed by atoms with Gasteiger partial charge in [-0.1, -0.05) is 60.2 Å². The summed E-state index contributed by atoms with van der Waals surface area (Å²) >= 11 is 0. The number of nitrogens with zero attached hydrogens (tertiary/aromatic N) is 2. The molecule has 0 aliphatic carbocycles. The van der Waals surface area contributed by atoms with Crippen molar-refractivity contribution in [1.82, 2.24) is 4.90 Å². The SMILES string of the molecule is COCCN1C(=O)c2oc3ccccc3c(=O)c2C12C(=O)N(Cc1cccc(C)c1)c1ccccc12. The first-order chi connectivity index (χ1) is 17.5. The van der Waals surface area contributed by atoms with Crippen LogP contribution in [0, 0.1) is 6.92 Å². The maximum atomic E-state index is 14.6. The van der Waals surface area contributed by atoms with Crippen molar-refractivity contribution in [3.8, 4) is 0 Å². The van der Waals surface area contributed by atoms with Crippen LogP contribution in [0.2, 0.25) is 0 Å². The number of carbonyl (C=O) groups is 2. The molecule has 0 bridgehead atoms. The molecule has 1 atom stereocenters. The molecule has 6 rings (SSSR count). The van der Waals surface area contributed by atoms with E-state index in [1.54, 1.807) is 29.2 Å². The van der Waals surface area contributed by atoms with Crippen LogP contribution in [-0.2, 0) is 21.6 Å². The predicted molar refractivity (Wildman–Crippen MR) is 135 cm³/mol. The van der Waals surface area contributed by atoms with E-state index in [2.05, 4.69) is 0 Å². The highest BCUT2D eigenvalue weighted by Gasteiger charge is 2.64. The summed E-state index contributed by atoms with van der Waals surface area (Å²) in [6.45, 7) is 2.62. The molecule has 0 radical (unpaired) electrons. The third-order valence-electron chi connectivity index (χ3n) is 7.09. The number of hydrogen-bond donors (Lipinski definition) is 0. The zero-order valence-corrected chi connectivity index (χ0v) is 20.0. The number of ether oxygens (including phenoxy) is 1. The zero-order valence-electron chi connectivity index (χ0n) is 20.0. The van der Waals surface area contributed by atoms with Gasteiger partial charge in [0.15, 0.2) is 11.0 Å². The van der Waals surface area contributed by atoms with Crippen LogP contribution in [-0.4, -0.2) is 37.0 Å². The summed E-state index contributed by atoms with van der Waals surface area (Å²) in [6, 6.07) is 22.1. The molecular weight excluding hydrogens is 456 g/mol. The van der Waals surface area contributed by atoms with Gasteiger partial charge >= 0.3 is 0 Å². The topological polar surface area (TPSA) is 80.1 Å². The average Bonchev–Trinajstić information content (AvgIpc) is 3.27. The Morgan fingerprint density at radius 3 is 2.53 bits per heavy atom. The maximum Gasteiger partial charge on any atom is 0.291 e. The lowest BCUT2D eigenvalue weighted by Crippen LogP contribution is -2.54. The highest BCUT2D eigenvalue weighted by Crippen LogP contribution is 2.52. The van der Waals surface area contributed by atoms with Crippen molar-refractivity contribution in [2.45, 2.75) is 19.0 Å². The van der Waals surface area contributed by atoms with Crippen LogP contribution in [0.4, 0.5) is 5.69 Å². The molecule has 3 heterocycles. The van der Waals surface area contributed by atoms with Gasteiger partial charge in [-0.05, 0) is 30.7 Å². The van der Waals surface area contributed by atoms with Gasteiger partial charge < -0.3 is 19.0 Å². The first-order valence-corrected chi connectivity index (χ1v) is 11.8. The highest BCUT2D eigenvalue weighted by molar-refractivity contribution is 6.17. The molecule has 7 nitrogen and oxygen atoms in total. The quantitative estimate of drug-likeness (QED) is 0.432. The maximum absolute atomic E-state index is 14.6. The van der Waals surface area contributed by atoms with E-state index in [1.807, 2.05) is 55.5 Å². The lowest BCUT2D eigenvalue weighted by molar-refractivity contribution is -0.126. The van der Waals surface area contributed by atoms with Crippen molar-refractivity contribution >= 4 is 28.5 Å². The van der Waals surface area contributed by atoms with E-state index >= 15 is 0 Å². The van der Waals surface area contributed by atoms with Crippen molar-refractivity contribution in [3.63, 3.8) is 0 Å². The van der Waals surface area contributed by atoms with Crippen LogP contribution < -0.4 is 10.3 Å². The summed E-state index contributed by atoms with van der Waals surface area (Å²) in [7, 11) is 1.53. The molecule has 0 saturated heterocycles. The number of amides is 2. The fraction of sp³-hybridized carbons (Fsp3) is 0.207. The molecule has 1 unspecified atom stereocenters. The fourth-order valence-corrected chi connectivity index (χ4v) is 5.57. The van der Waals surface area contributed by atoms with Gasteiger partial charge in [-0.15, -0.1) is 0 Å². The number of carbonyl (C=O) groups excluding carboxylic acids is 2. The van der Waals surface area contributed by atoms with Gasteiger partial charge in [0.25, 0.3) is 11.8 Å². The Labute approximate surface area is 207 Å². The zero-order chi connectivity index (χ0) is 25.0. The minimum absolute atomic E-state index is 0.0755. The molecule has 36 heavy (non-hydrogen) atoms. The molecule has 4 aromatic rings. The van der Waals surface area contributed by atoms with Gasteiger partial charge in [0, 0.05) is 19.2 Å². The molecule has 7 heteroatoms. The molecule has 1 aromatic heterocycles. The van der Waals surface area contributed by atoms with Gasteiger partial charge in [-0.3, -0.25) is 14.4 Å². The molecule has 0 N–H and O–H groups in total. The summed E-state index contributed by atoms with van der Waals surface area (Å²) in [4.78, 5) is 45.4. The lowest BCUT2D eigenvalue weighted by Gasteiger charge is -2.34. The van der Waals surface area contributed by atoms with Crippen LogP contribution in [0.15, 0.2) is 82.0 Å². The molecule has 3 aromatic carbocycles. The van der Waals surface area contributed by atoms with Gasteiger partial charge in [-0.25, -0.2) is 0 Å². The highest BCUT2D eigenvalue weighted by atomic mass is 16.5.